The highest BCUT2D eigenvalue weighted by Crippen LogP contribution is 2.73. The van der Waals surface area contributed by atoms with Gasteiger partial charge in [-0.2, -0.15) is 0 Å². The molecule has 4 fully saturated rings. The van der Waals surface area contributed by atoms with Gasteiger partial charge in [0.2, 0.25) is 0 Å². The van der Waals surface area contributed by atoms with Crippen LogP contribution in [0.3, 0.4) is 0 Å². The lowest BCUT2D eigenvalue weighted by Crippen LogP contribution is -2.73. The molecule has 0 radical (unpaired) electrons. The Morgan fingerprint density at radius 2 is 1.78 bits per heavy atom. The fourth-order valence-corrected chi connectivity index (χ4v) is 10.7. The maximum Gasteiger partial charge on any atom is 0.126 e. The number of hydrogen-bond acceptors (Lipinski definition) is 3. The van der Waals surface area contributed by atoms with E-state index in [1.807, 2.05) is 0 Å². The molecule has 178 valence electrons. The molecule has 3 N–H and O–H groups in total. The Balaban J connectivity index is 1.57. The standard InChI is InChI=1S/C29H45NO2/c1-18(2)19-9-14-28(17-31)15-16-29(30)20(24(19)28)7-8-22-26(5)12-11-23(32)25(3,4)21(26)10-13-27(22,29)6/h11,17,19-22,24,32H,1,7-10,12-16,30H2,2-6H3/t19?,20-,21+,22-,24-,26+,27-,28?,29+/m1/s1. The predicted molar refractivity (Wildman–Crippen MR) is 130 cm³/mol. The third-order valence-corrected chi connectivity index (χ3v) is 12.4. The maximum absolute atomic E-state index is 12.5. The van der Waals surface area contributed by atoms with Crippen molar-refractivity contribution in [1.82, 2.24) is 0 Å². The van der Waals surface area contributed by atoms with E-state index in [-0.39, 0.29) is 27.2 Å². The zero-order valence-electron chi connectivity index (χ0n) is 21.0. The summed E-state index contributed by atoms with van der Waals surface area (Å²) < 4.78 is 0. The van der Waals surface area contributed by atoms with Crippen LogP contribution >= 0.6 is 0 Å². The minimum atomic E-state index is -0.216. The van der Waals surface area contributed by atoms with Crippen molar-refractivity contribution < 1.29 is 9.90 Å². The molecule has 3 nitrogen and oxygen atoms in total. The Kier molecular flexibility index (Phi) is 4.78. The summed E-state index contributed by atoms with van der Waals surface area (Å²) in [7, 11) is 0. The van der Waals surface area contributed by atoms with Crippen LogP contribution in [0.2, 0.25) is 0 Å². The molecular formula is C29H45NO2. The number of aldehydes is 1. The zero-order chi connectivity index (χ0) is 23.3. The number of carbonyl (C=O) groups excluding carboxylic acids is 1. The molecule has 0 spiro atoms. The van der Waals surface area contributed by atoms with Crippen molar-refractivity contribution in [3.8, 4) is 0 Å². The monoisotopic (exact) mass is 439 g/mol. The van der Waals surface area contributed by atoms with Gasteiger partial charge in [-0.1, -0.05) is 39.8 Å². The lowest BCUT2D eigenvalue weighted by Gasteiger charge is -2.71. The summed E-state index contributed by atoms with van der Waals surface area (Å²) >= 11 is 0. The van der Waals surface area contributed by atoms with Gasteiger partial charge in [0.05, 0.1) is 5.76 Å². The van der Waals surface area contributed by atoms with E-state index in [0.717, 1.165) is 51.4 Å². The molecule has 0 aromatic heterocycles. The lowest BCUT2D eigenvalue weighted by molar-refractivity contribution is -0.196. The molecule has 3 heteroatoms. The van der Waals surface area contributed by atoms with Crippen molar-refractivity contribution in [1.29, 1.82) is 0 Å². The average Bonchev–Trinajstić information content (AvgIpc) is 3.12. The van der Waals surface area contributed by atoms with E-state index in [0.29, 0.717) is 35.3 Å². The van der Waals surface area contributed by atoms with Gasteiger partial charge in [0.25, 0.3) is 0 Å². The second-order valence-corrected chi connectivity index (χ2v) is 13.7. The molecule has 0 aromatic carbocycles. The summed E-state index contributed by atoms with van der Waals surface area (Å²) in [6, 6.07) is 0. The fraction of sp³-hybridized carbons (Fsp3) is 0.828. The Labute approximate surface area is 195 Å². The summed E-state index contributed by atoms with van der Waals surface area (Å²) in [6.07, 6.45) is 13.1. The Hall–Kier alpha value is -1.09. The molecular weight excluding hydrogens is 394 g/mol. The van der Waals surface area contributed by atoms with E-state index in [9.17, 15) is 9.90 Å². The number of allylic oxidation sites excluding steroid dienone is 3. The van der Waals surface area contributed by atoms with Crippen molar-refractivity contribution in [3.05, 3.63) is 24.0 Å². The summed E-state index contributed by atoms with van der Waals surface area (Å²) in [5, 5.41) is 10.7. The molecule has 0 amide bonds. The van der Waals surface area contributed by atoms with Crippen LogP contribution in [-0.2, 0) is 4.79 Å². The number of fused-ring (bicyclic) bond motifs is 7. The van der Waals surface area contributed by atoms with Gasteiger partial charge in [-0.3, -0.25) is 0 Å². The first-order chi connectivity index (χ1) is 14.9. The summed E-state index contributed by atoms with van der Waals surface area (Å²) in [6.45, 7) is 16.0. The molecule has 9 atom stereocenters. The van der Waals surface area contributed by atoms with E-state index < -0.39 is 0 Å². The first-order valence-electron chi connectivity index (χ1n) is 13.2. The molecule has 0 aliphatic heterocycles. The average molecular weight is 440 g/mol. The first-order valence-corrected chi connectivity index (χ1v) is 13.2. The molecule has 5 aliphatic rings. The van der Waals surface area contributed by atoms with E-state index in [4.69, 9.17) is 5.73 Å². The number of aliphatic hydroxyl groups is 1. The molecule has 32 heavy (non-hydrogen) atoms. The van der Waals surface area contributed by atoms with Crippen molar-refractivity contribution in [2.75, 3.05) is 0 Å². The molecule has 4 saturated carbocycles. The van der Waals surface area contributed by atoms with E-state index in [1.165, 1.54) is 18.3 Å². The fourth-order valence-electron chi connectivity index (χ4n) is 10.7. The third kappa shape index (κ3) is 2.50. The van der Waals surface area contributed by atoms with Crippen LogP contribution in [0.15, 0.2) is 24.0 Å². The molecule has 0 bridgehead atoms. The van der Waals surface area contributed by atoms with E-state index in [2.05, 4.69) is 47.3 Å². The van der Waals surface area contributed by atoms with Gasteiger partial charge < -0.3 is 15.6 Å². The number of hydrogen-bond donors (Lipinski definition) is 2. The largest absolute Gasteiger partial charge is 0.512 e. The summed E-state index contributed by atoms with van der Waals surface area (Å²) in [4.78, 5) is 12.5. The Morgan fingerprint density at radius 3 is 2.44 bits per heavy atom. The van der Waals surface area contributed by atoms with Gasteiger partial charge in [-0.05, 0) is 111 Å². The van der Waals surface area contributed by atoms with Crippen molar-refractivity contribution in [2.45, 2.75) is 97.9 Å². The van der Waals surface area contributed by atoms with Gasteiger partial charge >= 0.3 is 0 Å². The minimum absolute atomic E-state index is 0.0787. The zero-order valence-corrected chi connectivity index (χ0v) is 21.0. The smallest absolute Gasteiger partial charge is 0.126 e. The number of rotatable bonds is 2. The lowest BCUT2D eigenvalue weighted by atomic mass is 9.34. The highest BCUT2D eigenvalue weighted by Gasteiger charge is 2.71. The van der Waals surface area contributed by atoms with Crippen LogP contribution in [0.5, 0.6) is 0 Å². The summed E-state index contributed by atoms with van der Waals surface area (Å²) in [5.41, 5.74) is 8.59. The maximum atomic E-state index is 12.5. The van der Waals surface area contributed by atoms with Gasteiger partial charge in [-0.25, -0.2) is 0 Å². The van der Waals surface area contributed by atoms with Crippen LogP contribution in [0.4, 0.5) is 0 Å². The van der Waals surface area contributed by atoms with Crippen molar-refractivity contribution >= 4 is 6.29 Å². The number of nitrogens with two attached hydrogens (primary N) is 1. The molecule has 0 saturated heterocycles. The highest BCUT2D eigenvalue weighted by molar-refractivity contribution is 5.62. The van der Waals surface area contributed by atoms with Gasteiger partial charge in [0.1, 0.15) is 6.29 Å². The van der Waals surface area contributed by atoms with Crippen LogP contribution in [0.1, 0.15) is 92.4 Å². The number of carbonyl (C=O) groups is 1. The summed E-state index contributed by atoms with van der Waals surface area (Å²) in [5.74, 6) is 2.86. The van der Waals surface area contributed by atoms with Crippen molar-refractivity contribution in [3.63, 3.8) is 0 Å². The Morgan fingerprint density at radius 1 is 1.06 bits per heavy atom. The van der Waals surface area contributed by atoms with Gasteiger partial charge in [0.15, 0.2) is 0 Å². The topological polar surface area (TPSA) is 63.3 Å². The number of aliphatic hydroxyl groups excluding tert-OH is 1. The SMILES string of the molecule is C=C(C)C1CCC2(C=O)CC[C@]3(N)[C@H](CC[C@@H]4[C@@]5(C)CC=C(O)C(C)(C)[C@@H]5CC[C@]43C)[C@@H]12. The van der Waals surface area contributed by atoms with Gasteiger partial charge in [0, 0.05) is 16.4 Å². The highest BCUT2D eigenvalue weighted by atomic mass is 16.3. The Bertz CT molecular complexity index is 874. The van der Waals surface area contributed by atoms with Crippen LogP contribution in [-0.4, -0.2) is 16.9 Å². The normalized spacial score (nSPS) is 53.8. The quantitative estimate of drug-likeness (QED) is 0.377. The first kappa shape index (κ1) is 22.7. The van der Waals surface area contributed by atoms with Gasteiger partial charge in [-0.15, -0.1) is 0 Å². The second-order valence-electron chi connectivity index (χ2n) is 13.7. The molecule has 5 aliphatic carbocycles. The van der Waals surface area contributed by atoms with Crippen LogP contribution < -0.4 is 5.73 Å². The molecule has 5 rings (SSSR count). The third-order valence-electron chi connectivity index (χ3n) is 12.4. The predicted octanol–water partition coefficient (Wildman–Crippen LogP) is 6.59. The molecule has 2 unspecified atom stereocenters. The second kappa shape index (κ2) is 6.74. The van der Waals surface area contributed by atoms with Crippen molar-refractivity contribution in [2.24, 2.45) is 57.0 Å². The molecule has 0 aromatic rings. The molecule has 0 heterocycles. The van der Waals surface area contributed by atoms with E-state index >= 15 is 0 Å². The minimum Gasteiger partial charge on any atom is -0.512 e. The van der Waals surface area contributed by atoms with Crippen LogP contribution in [0, 0.1) is 51.2 Å². The van der Waals surface area contributed by atoms with Crippen LogP contribution in [0.25, 0.3) is 0 Å². The van der Waals surface area contributed by atoms with E-state index in [1.54, 1.807) is 0 Å².